The van der Waals surface area contributed by atoms with Gasteiger partial charge in [-0.2, -0.15) is 0 Å². The molecule has 0 spiro atoms. The fourth-order valence-corrected chi connectivity index (χ4v) is 4.47. The number of amides is 2. The van der Waals surface area contributed by atoms with Gasteiger partial charge >= 0.3 is 6.09 Å². The van der Waals surface area contributed by atoms with Crippen molar-refractivity contribution in [1.82, 2.24) is 9.80 Å². The van der Waals surface area contributed by atoms with Gasteiger partial charge in [-0.25, -0.2) is 4.79 Å². The number of hydrogen-bond donors (Lipinski definition) is 0. The van der Waals surface area contributed by atoms with Gasteiger partial charge in [0, 0.05) is 37.7 Å². The first-order chi connectivity index (χ1) is 14.5. The number of carbonyl (C=O) groups excluding carboxylic acids is 3. The molecule has 31 heavy (non-hydrogen) atoms. The van der Waals surface area contributed by atoms with E-state index in [1.54, 1.807) is 23.1 Å². The van der Waals surface area contributed by atoms with Gasteiger partial charge in [-0.15, -0.1) is 0 Å². The van der Waals surface area contributed by atoms with Crippen molar-refractivity contribution in [2.24, 2.45) is 11.8 Å². The second-order valence-corrected chi connectivity index (χ2v) is 10.2. The van der Waals surface area contributed by atoms with E-state index in [9.17, 15) is 14.4 Å². The molecule has 1 unspecified atom stereocenters. The maximum atomic E-state index is 13.1. The number of Topliss-reactive ketones (excluding diaryl/α,β-unsaturated/α-hetero) is 1. The molecule has 0 radical (unpaired) electrons. The van der Waals surface area contributed by atoms with Gasteiger partial charge in [0.1, 0.15) is 5.60 Å². The minimum Gasteiger partial charge on any atom is -0.444 e. The van der Waals surface area contributed by atoms with Crippen LogP contribution in [0.2, 0.25) is 10.0 Å². The molecule has 1 aromatic carbocycles. The minimum absolute atomic E-state index is 0.0411. The van der Waals surface area contributed by atoms with Gasteiger partial charge < -0.3 is 14.5 Å². The molecule has 6 nitrogen and oxygen atoms in total. The van der Waals surface area contributed by atoms with E-state index in [4.69, 9.17) is 27.9 Å². The van der Waals surface area contributed by atoms with Crippen LogP contribution in [0.1, 0.15) is 56.8 Å². The Hall–Kier alpha value is -1.79. The maximum Gasteiger partial charge on any atom is 0.410 e. The smallest absolute Gasteiger partial charge is 0.410 e. The van der Waals surface area contributed by atoms with Crippen molar-refractivity contribution in [3.05, 3.63) is 33.8 Å². The number of halogens is 2. The number of ketones is 1. The number of ether oxygens (including phenoxy) is 1. The Labute approximate surface area is 193 Å². The maximum absolute atomic E-state index is 13.1. The molecule has 1 atom stereocenters. The third kappa shape index (κ3) is 6.13. The highest BCUT2D eigenvalue weighted by Crippen LogP contribution is 2.28. The zero-order valence-corrected chi connectivity index (χ0v) is 19.8. The largest absolute Gasteiger partial charge is 0.444 e. The highest BCUT2D eigenvalue weighted by Gasteiger charge is 2.35. The zero-order valence-electron chi connectivity index (χ0n) is 18.3. The van der Waals surface area contributed by atoms with Gasteiger partial charge in [0.25, 0.3) is 0 Å². The van der Waals surface area contributed by atoms with Crippen molar-refractivity contribution in [1.29, 1.82) is 0 Å². The van der Waals surface area contributed by atoms with E-state index in [0.717, 1.165) is 12.8 Å². The van der Waals surface area contributed by atoms with Crippen molar-refractivity contribution in [2.75, 3.05) is 26.2 Å². The summed E-state index contributed by atoms with van der Waals surface area (Å²) in [4.78, 5) is 41.7. The lowest BCUT2D eigenvalue weighted by atomic mass is 9.88. The van der Waals surface area contributed by atoms with Crippen molar-refractivity contribution in [2.45, 2.75) is 52.1 Å². The fourth-order valence-electron chi connectivity index (χ4n) is 4.18. The normalized spacial score (nSPS) is 20.5. The molecular weight excluding hydrogens is 439 g/mol. The van der Waals surface area contributed by atoms with Crippen molar-refractivity contribution in [3.63, 3.8) is 0 Å². The molecule has 2 amide bonds. The van der Waals surface area contributed by atoms with E-state index in [-0.39, 0.29) is 29.6 Å². The lowest BCUT2D eigenvalue weighted by Crippen LogP contribution is -2.49. The third-order valence-corrected chi connectivity index (χ3v) is 6.54. The summed E-state index contributed by atoms with van der Waals surface area (Å²) in [5.74, 6) is -0.248. The lowest BCUT2D eigenvalue weighted by Gasteiger charge is -2.38. The Balaban J connectivity index is 1.54. The number of rotatable bonds is 3. The van der Waals surface area contributed by atoms with Crippen LogP contribution in [0.25, 0.3) is 0 Å². The zero-order chi connectivity index (χ0) is 22.8. The van der Waals surface area contributed by atoms with Crippen LogP contribution >= 0.6 is 23.2 Å². The van der Waals surface area contributed by atoms with Gasteiger partial charge in [0.2, 0.25) is 5.91 Å². The molecule has 0 aromatic heterocycles. The second kappa shape index (κ2) is 9.78. The number of nitrogens with zero attached hydrogens (tertiary/aromatic N) is 2. The number of likely N-dealkylation sites (tertiary alicyclic amines) is 2. The van der Waals surface area contributed by atoms with Crippen LogP contribution in [0.4, 0.5) is 4.79 Å². The van der Waals surface area contributed by atoms with Gasteiger partial charge in [0.05, 0.1) is 16.0 Å². The Morgan fingerprint density at radius 1 is 0.935 bits per heavy atom. The van der Waals surface area contributed by atoms with E-state index in [1.165, 1.54) is 0 Å². The van der Waals surface area contributed by atoms with Crippen LogP contribution in [0.15, 0.2) is 18.2 Å². The Morgan fingerprint density at radius 2 is 1.61 bits per heavy atom. The summed E-state index contributed by atoms with van der Waals surface area (Å²) < 4.78 is 5.46. The summed E-state index contributed by atoms with van der Waals surface area (Å²) in [6, 6.07) is 4.94. The Bertz CT molecular complexity index is 844. The van der Waals surface area contributed by atoms with E-state index >= 15 is 0 Å². The van der Waals surface area contributed by atoms with Gasteiger partial charge in [-0.05, 0) is 64.7 Å². The Morgan fingerprint density at radius 3 is 2.23 bits per heavy atom. The molecule has 2 heterocycles. The van der Waals surface area contributed by atoms with Crippen LogP contribution in [-0.2, 0) is 9.53 Å². The number of hydrogen-bond acceptors (Lipinski definition) is 4. The average molecular weight is 469 g/mol. The highest BCUT2D eigenvalue weighted by atomic mass is 35.5. The molecule has 8 heteroatoms. The number of benzene rings is 1. The van der Waals surface area contributed by atoms with Crippen molar-refractivity contribution in [3.8, 4) is 0 Å². The molecule has 170 valence electrons. The quantitative estimate of drug-likeness (QED) is 0.581. The van der Waals surface area contributed by atoms with Gasteiger partial charge in [-0.1, -0.05) is 23.2 Å². The molecule has 3 rings (SSSR count). The molecule has 0 N–H and O–H groups in total. The van der Waals surface area contributed by atoms with Crippen LogP contribution in [0, 0.1) is 11.8 Å². The molecule has 2 fully saturated rings. The number of piperidine rings is 2. The monoisotopic (exact) mass is 468 g/mol. The van der Waals surface area contributed by atoms with Crippen LogP contribution in [-0.4, -0.2) is 59.4 Å². The predicted molar refractivity (Wildman–Crippen MR) is 121 cm³/mol. The minimum atomic E-state index is -0.559. The topological polar surface area (TPSA) is 66.9 Å². The molecular formula is C23H30Cl2N2O4. The summed E-state index contributed by atoms with van der Waals surface area (Å²) in [6.45, 7) is 7.58. The first kappa shape index (κ1) is 23.9. The molecule has 0 aliphatic carbocycles. The molecule has 0 saturated carbocycles. The van der Waals surface area contributed by atoms with E-state index < -0.39 is 5.60 Å². The summed E-state index contributed by atoms with van der Waals surface area (Å²) in [5, 5.41) is 0.790. The summed E-state index contributed by atoms with van der Waals surface area (Å²) in [6.07, 6.45) is 2.42. The summed E-state index contributed by atoms with van der Waals surface area (Å²) in [7, 11) is 0. The highest BCUT2D eigenvalue weighted by molar-refractivity contribution is 6.42. The van der Waals surface area contributed by atoms with Crippen LogP contribution in [0.5, 0.6) is 0 Å². The molecule has 2 saturated heterocycles. The van der Waals surface area contributed by atoms with Crippen molar-refractivity contribution < 1.29 is 19.1 Å². The molecule has 2 aliphatic rings. The SMILES string of the molecule is CC(C)(C)OC(=O)N1CCCC(C(=O)N2CCC(C(=O)c3ccc(Cl)c(Cl)c3)CC2)C1. The summed E-state index contributed by atoms with van der Waals surface area (Å²) >= 11 is 12.0. The van der Waals surface area contributed by atoms with Crippen molar-refractivity contribution >= 4 is 41.0 Å². The van der Waals surface area contributed by atoms with Crippen LogP contribution < -0.4 is 0 Å². The predicted octanol–water partition coefficient (Wildman–Crippen LogP) is 5.06. The third-order valence-electron chi connectivity index (χ3n) is 5.80. The van der Waals surface area contributed by atoms with E-state index in [0.29, 0.717) is 54.6 Å². The standard InChI is InChI=1S/C23H30Cl2N2O4/c1-23(2,3)31-22(30)27-10-4-5-17(14-27)21(29)26-11-8-15(9-12-26)20(28)16-6-7-18(24)19(25)13-16/h6-7,13,15,17H,4-5,8-12,14H2,1-3H3. The van der Waals surface area contributed by atoms with E-state index in [1.807, 2.05) is 25.7 Å². The number of carbonyl (C=O) groups is 3. The van der Waals surface area contributed by atoms with Gasteiger partial charge in [0.15, 0.2) is 5.78 Å². The average Bonchev–Trinajstić information content (AvgIpc) is 2.73. The summed E-state index contributed by atoms with van der Waals surface area (Å²) in [5.41, 5.74) is -0.00370. The Kier molecular flexibility index (Phi) is 7.53. The van der Waals surface area contributed by atoms with Gasteiger partial charge in [-0.3, -0.25) is 9.59 Å². The first-order valence-corrected chi connectivity index (χ1v) is 11.6. The molecule has 2 aliphatic heterocycles. The van der Waals surface area contributed by atoms with Crippen LogP contribution in [0.3, 0.4) is 0 Å². The lowest BCUT2D eigenvalue weighted by molar-refractivity contribution is -0.138. The molecule has 1 aromatic rings. The fraction of sp³-hybridized carbons (Fsp3) is 0.609. The first-order valence-electron chi connectivity index (χ1n) is 10.8. The second-order valence-electron chi connectivity index (χ2n) is 9.36. The van der Waals surface area contributed by atoms with E-state index in [2.05, 4.69) is 0 Å². The molecule has 0 bridgehead atoms.